The number of hydrogen-bond donors (Lipinski definition) is 0. The van der Waals surface area contributed by atoms with Gasteiger partial charge >= 0.3 is 61.2 Å². The summed E-state index contributed by atoms with van der Waals surface area (Å²) in [5, 5.41) is 0. The molecule has 0 saturated carbocycles. The summed E-state index contributed by atoms with van der Waals surface area (Å²) in [6.45, 7) is 2.26. The van der Waals surface area contributed by atoms with Crippen LogP contribution in [0.15, 0.2) is 0 Å². The van der Waals surface area contributed by atoms with Gasteiger partial charge in [0.25, 0.3) is 0 Å². The Morgan fingerprint density at radius 1 is 0.900 bits per heavy atom. The Morgan fingerprint density at radius 3 is 1.70 bits per heavy atom. The zero-order chi connectivity index (χ0) is 5.54. The van der Waals surface area contributed by atoms with E-state index in [0.717, 1.165) is 0 Å². The van der Waals surface area contributed by atoms with Crippen molar-refractivity contribution in [1.29, 1.82) is 0 Å². The predicted octanol–water partition coefficient (Wildman–Crippen LogP) is 2.00. The Kier molecular flexibility index (Phi) is 50.6. The molecule has 0 rings (SSSR count). The van der Waals surface area contributed by atoms with Crippen LogP contribution in [0.25, 0.3) is 0 Å². The first-order valence-corrected chi connectivity index (χ1v) is 5.60. The fourth-order valence-corrected chi connectivity index (χ4v) is 1.45. The molecule has 0 aromatic rings. The van der Waals surface area contributed by atoms with Crippen LogP contribution >= 0.6 is 0 Å². The quantitative estimate of drug-likeness (QED) is 0.587. The third-order valence-corrected chi connectivity index (χ3v) is 2.30. The van der Waals surface area contributed by atoms with Gasteiger partial charge in [0.1, 0.15) is 0 Å². The maximum atomic E-state index is 2.26. The molecule has 0 amide bonds. The molecule has 0 heterocycles. The second-order valence-electron chi connectivity index (χ2n) is 1.81. The van der Waals surface area contributed by atoms with E-state index in [1.54, 1.807) is 0 Å². The van der Waals surface area contributed by atoms with Crippen LogP contribution in [0.4, 0.5) is 0 Å². The fourth-order valence-electron chi connectivity index (χ4n) is 0.552. The van der Waals surface area contributed by atoms with Crippen molar-refractivity contribution in [2.45, 2.75) is 36.8 Å². The third kappa shape index (κ3) is 23.3. The maximum absolute atomic E-state index is 2.26. The normalized spacial score (nSPS) is 6.70. The van der Waals surface area contributed by atoms with E-state index in [-0.39, 0.29) is 16.4 Å². The van der Waals surface area contributed by atoms with Crippen molar-refractivity contribution in [1.82, 2.24) is 0 Å². The van der Waals surface area contributed by atoms with Gasteiger partial charge in [-0.25, -0.2) is 0 Å². The summed E-state index contributed by atoms with van der Waals surface area (Å²) in [6, 6.07) is 0. The minimum Gasteiger partial charge on any atom is -0.870 e. The molecule has 10 heavy (non-hydrogen) atoms. The van der Waals surface area contributed by atoms with Gasteiger partial charge in [0.2, 0.25) is 0 Å². The standard InChI is InChI=1S/C6H13.Hf.3H2O/c1-3-5-6-4-2;;;;/h1,3-6H2,2H3;;3*1H2/q;+3;;;/p-3. The van der Waals surface area contributed by atoms with E-state index >= 15 is 0 Å². The van der Waals surface area contributed by atoms with Crippen molar-refractivity contribution >= 4 is 0 Å². The molecule has 0 aromatic heterocycles. The summed E-state index contributed by atoms with van der Waals surface area (Å²) < 4.78 is 1.50. The third-order valence-electron chi connectivity index (χ3n) is 1.03. The zero-order valence-electron chi connectivity index (χ0n) is 6.38. The smallest absolute Gasteiger partial charge is 0.870 e. The second kappa shape index (κ2) is 22.6. The van der Waals surface area contributed by atoms with Crippen LogP contribution < -0.4 is 0 Å². The van der Waals surface area contributed by atoms with Crippen LogP contribution in [-0.2, 0) is 24.4 Å². The molecule has 0 radical (unpaired) electrons. The first-order valence-electron chi connectivity index (χ1n) is 3.06. The van der Waals surface area contributed by atoms with Crippen LogP contribution in [0.5, 0.6) is 0 Å². The Morgan fingerprint density at radius 2 is 1.40 bits per heavy atom. The predicted molar refractivity (Wildman–Crippen MR) is 34.8 cm³/mol. The fraction of sp³-hybridized carbons (Fsp3) is 1.00. The molecule has 0 atom stereocenters. The summed E-state index contributed by atoms with van der Waals surface area (Å²) >= 11 is 1.41. The first kappa shape index (κ1) is 22.4. The Balaban J connectivity index is -0.0000000600. The summed E-state index contributed by atoms with van der Waals surface area (Å²) in [5.74, 6) is 0. The van der Waals surface area contributed by atoms with Crippen LogP contribution in [-0.4, -0.2) is 16.4 Å². The van der Waals surface area contributed by atoms with Gasteiger partial charge in [-0.3, -0.25) is 0 Å². The number of rotatable bonds is 4. The van der Waals surface area contributed by atoms with Crippen LogP contribution in [0.2, 0.25) is 4.18 Å². The van der Waals surface area contributed by atoms with Crippen molar-refractivity contribution < 1.29 is 40.8 Å². The zero-order valence-corrected chi connectivity index (χ0v) is 9.97. The van der Waals surface area contributed by atoms with E-state index < -0.39 is 0 Å². The maximum Gasteiger partial charge on any atom is -0.870 e. The van der Waals surface area contributed by atoms with E-state index in [1.807, 2.05) is 0 Å². The topological polar surface area (TPSA) is 90.0 Å². The van der Waals surface area contributed by atoms with Gasteiger partial charge in [0.05, 0.1) is 0 Å². The second-order valence-corrected chi connectivity index (χ2v) is 3.61. The van der Waals surface area contributed by atoms with E-state index in [2.05, 4.69) is 6.92 Å². The van der Waals surface area contributed by atoms with E-state index in [1.165, 1.54) is 54.2 Å². The molecule has 0 aliphatic rings. The summed E-state index contributed by atoms with van der Waals surface area (Å²) in [6.07, 6.45) is 5.78. The largest absolute Gasteiger partial charge is 0.870 e. The van der Waals surface area contributed by atoms with Gasteiger partial charge in [0, 0.05) is 0 Å². The van der Waals surface area contributed by atoms with E-state index in [4.69, 9.17) is 0 Å². The number of hydrogen-bond acceptors (Lipinski definition) is 3. The van der Waals surface area contributed by atoms with Crippen molar-refractivity contribution in [3.63, 3.8) is 0 Å². The van der Waals surface area contributed by atoms with Crippen molar-refractivity contribution in [3.05, 3.63) is 0 Å². The average molecular weight is 315 g/mol. The molecule has 0 bridgehead atoms. The van der Waals surface area contributed by atoms with Crippen LogP contribution in [0, 0.1) is 0 Å². The monoisotopic (exact) mass is 316 g/mol. The van der Waals surface area contributed by atoms with Gasteiger partial charge in [-0.2, -0.15) is 0 Å². The molecule has 3 N–H and O–H groups in total. The van der Waals surface area contributed by atoms with Gasteiger partial charge in [0.15, 0.2) is 0 Å². The minimum atomic E-state index is 0. The van der Waals surface area contributed by atoms with Crippen molar-refractivity contribution in [2.75, 3.05) is 0 Å². The molecular formula is C6H16HfO3. The van der Waals surface area contributed by atoms with Crippen LogP contribution in [0.1, 0.15) is 32.6 Å². The van der Waals surface area contributed by atoms with E-state index in [0.29, 0.717) is 0 Å². The van der Waals surface area contributed by atoms with Crippen molar-refractivity contribution in [3.8, 4) is 0 Å². The summed E-state index contributed by atoms with van der Waals surface area (Å²) in [5.41, 5.74) is 0. The molecule has 0 aliphatic carbocycles. The van der Waals surface area contributed by atoms with Gasteiger partial charge in [-0.05, 0) is 0 Å². The number of unbranched alkanes of at least 4 members (excludes halogenated alkanes) is 3. The molecule has 0 unspecified atom stereocenters. The molecule has 0 fully saturated rings. The molecule has 0 aromatic carbocycles. The van der Waals surface area contributed by atoms with Gasteiger partial charge in [-0.1, -0.05) is 0 Å². The molecule has 4 heteroatoms. The minimum absolute atomic E-state index is 0. The molecular weight excluding hydrogens is 299 g/mol. The Hall–Kier alpha value is 0.750. The SMILES string of the molecule is CCCCC[CH2][Hf+3].[OH-].[OH-].[OH-]. The molecule has 0 saturated heterocycles. The summed E-state index contributed by atoms with van der Waals surface area (Å²) in [4.78, 5) is 0. The molecule has 0 aliphatic heterocycles. The molecule has 0 spiro atoms. The van der Waals surface area contributed by atoms with Crippen LogP contribution in [0.3, 0.4) is 0 Å². The molecule has 62 valence electrons. The Bertz CT molecular complexity index is 32.2. The summed E-state index contributed by atoms with van der Waals surface area (Å²) in [7, 11) is 0. The van der Waals surface area contributed by atoms with E-state index in [9.17, 15) is 0 Å². The Labute approximate surface area is 77.7 Å². The molecule has 3 nitrogen and oxygen atoms in total. The van der Waals surface area contributed by atoms with Gasteiger partial charge < -0.3 is 16.4 Å². The average Bonchev–Trinajstić information content (AvgIpc) is 1.69. The van der Waals surface area contributed by atoms with Gasteiger partial charge in [-0.15, -0.1) is 0 Å². The van der Waals surface area contributed by atoms with Crippen molar-refractivity contribution in [2.24, 2.45) is 0 Å². The first-order chi connectivity index (χ1) is 3.41.